The number of methoxy groups -OCH3 is 1. The number of rotatable bonds is 9. The number of aryl methyl sites for hydroxylation is 1. The summed E-state index contributed by atoms with van der Waals surface area (Å²) in [5.74, 6) is 0.873. The zero-order valence-electron chi connectivity index (χ0n) is 16.3. The second-order valence-electron chi connectivity index (χ2n) is 6.48. The number of aromatic nitrogens is 2. The summed E-state index contributed by atoms with van der Waals surface area (Å²) in [4.78, 5) is 15.4. The number of nitrogens with one attached hydrogen (secondary N) is 1. The van der Waals surface area contributed by atoms with Crippen LogP contribution in [0.4, 0.5) is 5.69 Å². The molecule has 0 bridgehead atoms. The van der Waals surface area contributed by atoms with Crippen LogP contribution in [0.2, 0.25) is 0 Å². The maximum atomic E-state index is 12.6. The molecule has 0 saturated carbocycles. The Hall–Kier alpha value is -2.55. The Kier molecular flexibility index (Phi) is 6.91. The summed E-state index contributed by atoms with van der Waals surface area (Å²) in [6, 6.07) is 9.74. The topological polar surface area (TPSA) is 80.5 Å². The molecule has 2 heterocycles. The molecule has 8 heteroatoms. The molecular formula is C20H24N4O3S. The average molecular weight is 401 g/mol. The third-order valence-corrected chi connectivity index (χ3v) is 5.27. The molecule has 2 aromatic heterocycles. The third-order valence-electron chi connectivity index (χ3n) is 4.42. The van der Waals surface area contributed by atoms with E-state index in [1.165, 1.54) is 0 Å². The second-order valence-corrected chi connectivity index (χ2v) is 7.43. The van der Waals surface area contributed by atoms with Crippen LogP contribution in [-0.4, -0.2) is 47.8 Å². The fraction of sp³-hybridized carbons (Fsp3) is 0.350. The van der Waals surface area contributed by atoms with Gasteiger partial charge in [-0.1, -0.05) is 18.2 Å². The first-order valence-corrected chi connectivity index (χ1v) is 9.88. The maximum absolute atomic E-state index is 12.6. The average Bonchev–Trinajstić information content (AvgIpc) is 3.35. The largest absolute Gasteiger partial charge is 0.419 e. The number of thiophene rings is 1. The van der Waals surface area contributed by atoms with Gasteiger partial charge in [-0.3, -0.25) is 9.69 Å². The molecule has 1 N–H and O–H groups in total. The van der Waals surface area contributed by atoms with Gasteiger partial charge < -0.3 is 14.5 Å². The molecule has 148 valence electrons. The van der Waals surface area contributed by atoms with Gasteiger partial charge >= 0.3 is 0 Å². The molecule has 0 unspecified atom stereocenters. The molecule has 0 radical (unpaired) electrons. The van der Waals surface area contributed by atoms with Gasteiger partial charge in [-0.05, 0) is 42.5 Å². The normalized spacial score (nSPS) is 11.1. The lowest BCUT2D eigenvalue weighted by molar-refractivity contribution is -0.117. The number of hydrogen-bond acceptors (Lipinski definition) is 7. The van der Waals surface area contributed by atoms with Crippen molar-refractivity contribution < 1.29 is 13.9 Å². The number of benzene rings is 1. The summed E-state index contributed by atoms with van der Waals surface area (Å²) in [6.07, 6.45) is 0. The number of hydrogen-bond donors (Lipinski definition) is 1. The smallest absolute Gasteiger partial charge is 0.257 e. The molecule has 0 aliphatic rings. The molecule has 0 atom stereocenters. The molecule has 0 aliphatic carbocycles. The van der Waals surface area contributed by atoms with E-state index in [4.69, 9.17) is 9.15 Å². The first kappa shape index (κ1) is 20.2. The van der Waals surface area contributed by atoms with Gasteiger partial charge in [-0.2, -0.15) is 0 Å². The van der Waals surface area contributed by atoms with Crippen molar-refractivity contribution in [3.63, 3.8) is 0 Å². The third kappa shape index (κ3) is 5.25. The Balaban J connectivity index is 1.64. The maximum Gasteiger partial charge on any atom is 0.257 e. The monoisotopic (exact) mass is 400 g/mol. The van der Waals surface area contributed by atoms with Gasteiger partial charge in [0.1, 0.15) is 0 Å². The van der Waals surface area contributed by atoms with E-state index in [1.807, 2.05) is 54.5 Å². The van der Waals surface area contributed by atoms with Crippen LogP contribution in [0, 0.1) is 13.8 Å². The summed E-state index contributed by atoms with van der Waals surface area (Å²) in [5, 5.41) is 13.2. The Morgan fingerprint density at radius 3 is 2.86 bits per heavy atom. The van der Waals surface area contributed by atoms with Crippen molar-refractivity contribution in [1.29, 1.82) is 0 Å². The van der Waals surface area contributed by atoms with Gasteiger partial charge in [0, 0.05) is 19.3 Å². The predicted molar refractivity (Wildman–Crippen MR) is 109 cm³/mol. The van der Waals surface area contributed by atoms with Crippen LogP contribution in [0.1, 0.15) is 17.0 Å². The first-order chi connectivity index (χ1) is 13.6. The van der Waals surface area contributed by atoms with Gasteiger partial charge in [-0.15, -0.1) is 21.5 Å². The van der Waals surface area contributed by atoms with Gasteiger partial charge in [-0.25, -0.2) is 0 Å². The van der Waals surface area contributed by atoms with E-state index in [0.29, 0.717) is 31.5 Å². The number of amides is 1. The van der Waals surface area contributed by atoms with Crippen molar-refractivity contribution in [3.05, 3.63) is 52.7 Å². The fourth-order valence-electron chi connectivity index (χ4n) is 2.72. The van der Waals surface area contributed by atoms with E-state index in [0.717, 1.165) is 21.7 Å². The van der Waals surface area contributed by atoms with Gasteiger partial charge in [0.05, 0.1) is 24.6 Å². The van der Waals surface area contributed by atoms with Crippen molar-refractivity contribution in [1.82, 2.24) is 15.1 Å². The summed E-state index contributed by atoms with van der Waals surface area (Å²) in [6.45, 7) is 5.68. The minimum atomic E-state index is -0.0946. The molecular weight excluding hydrogens is 376 g/mol. The first-order valence-electron chi connectivity index (χ1n) is 9.00. The molecule has 0 fully saturated rings. The lowest BCUT2D eigenvalue weighted by Gasteiger charge is -2.20. The Morgan fingerprint density at radius 2 is 2.11 bits per heavy atom. The molecule has 3 rings (SSSR count). The van der Waals surface area contributed by atoms with E-state index in [-0.39, 0.29) is 12.5 Å². The van der Waals surface area contributed by atoms with Gasteiger partial charge in [0.25, 0.3) is 5.89 Å². The number of nitrogens with zero attached hydrogens (tertiary/aromatic N) is 3. The van der Waals surface area contributed by atoms with Crippen molar-refractivity contribution in [2.45, 2.75) is 20.4 Å². The number of carbonyl (C=O) groups excluding carboxylic acids is 1. The number of anilines is 1. The highest BCUT2D eigenvalue weighted by Gasteiger charge is 2.17. The molecule has 1 aromatic carbocycles. The van der Waals surface area contributed by atoms with Crippen LogP contribution < -0.4 is 5.32 Å². The van der Waals surface area contributed by atoms with E-state index < -0.39 is 0 Å². The molecule has 1 amide bonds. The van der Waals surface area contributed by atoms with Crippen LogP contribution in [0.15, 0.2) is 40.1 Å². The lowest BCUT2D eigenvalue weighted by Crippen LogP contribution is -2.35. The summed E-state index contributed by atoms with van der Waals surface area (Å²) < 4.78 is 10.9. The molecule has 0 spiro atoms. The number of ether oxygens (including phenoxy) is 1. The summed E-state index contributed by atoms with van der Waals surface area (Å²) in [7, 11) is 1.63. The zero-order chi connectivity index (χ0) is 19.9. The van der Waals surface area contributed by atoms with Crippen LogP contribution in [-0.2, 0) is 16.1 Å². The van der Waals surface area contributed by atoms with Gasteiger partial charge in [0.2, 0.25) is 11.8 Å². The molecule has 28 heavy (non-hydrogen) atoms. The highest BCUT2D eigenvalue weighted by Crippen LogP contribution is 2.23. The quantitative estimate of drug-likeness (QED) is 0.592. The Morgan fingerprint density at radius 1 is 1.25 bits per heavy atom. The van der Waals surface area contributed by atoms with Crippen LogP contribution in [0.3, 0.4) is 0 Å². The van der Waals surface area contributed by atoms with Crippen molar-refractivity contribution >= 4 is 22.9 Å². The summed E-state index contributed by atoms with van der Waals surface area (Å²) in [5.41, 5.74) is 3.03. The molecule has 0 saturated heterocycles. The Bertz CT molecular complexity index is 908. The van der Waals surface area contributed by atoms with E-state index >= 15 is 0 Å². The highest BCUT2D eigenvalue weighted by atomic mass is 32.1. The van der Waals surface area contributed by atoms with E-state index in [9.17, 15) is 4.79 Å². The molecule has 7 nitrogen and oxygen atoms in total. The van der Waals surface area contributed by atoms with Crippen molar-refractivity contribution in [2.75, 3.05) is 32.1 Å². The molecule has 3 aromatic rings. The second kappa shape index (κ2) is 9.59. The zero-order valence-corrected chi connectivity index (χ0v) is 17.1. The SMILES string of the molecule is COCCN(CC(=O)Nc1cccc(C)c1C)Cc1nnc(-c2cccs2)o1. The fourth-order valence-corrected chi connectivity index (χ4v) is 3.37. The van der Waals surface area contributed by atoms with Crippen molar-refractivity contribution in [3.8, 4) is 10.8 Å². The molecule has 0 aliphatic heterocycles. The van der Waals surface area contributed by atoms with E-state index in [1.54, 1.807) is 18.4 Å². The van der Waals surface area contributed by atoms with E-state index in [2.05, 4.69) is 15.5 Å². The van der Waals surface area contributed by atoms with Crippen LogP contribution in [0.5, 0.6) is 0 Å². The van der Waals surface area contributed by atoms with Crippen molar-refractivity contribution in [2.24, 2.45) is 0 Å². The Labute approximate surface area is 168 Å². The summed E-state index contributed by atoms with van der Waals surface area (Å²) >= 11 is 1.54. The minimum absolute atomic E-state index is 0.0946. The predicted octanol–water partition coefficient (Wildman–Crippen LogP) is 3.50. The highest BCUT2D eigenvalue weighted by molar-refractivity contribution is 7.13. The van der Waals surface area contributed by atoms with Crippen LogP contribution >= 0.6 is 11.3 Å². The standard InChI is InChI=1S/C20H24N4O3S/c1-14-6-4-7-16(15(14)2)21-18(25)12-24(9-10-26-3)13-19-22-23-20(27-19)17-8-5-11-28-17/h4-8,11H,9-10,12-13H2,1-3H3,(H,21,25). The number of carbonyl (C=O) groups is 1. The minimum Gasteiger partial charge on any atom is -0.419 e. The lowest BCUT2D eigenvalue weighted by atomic mass is 10.1. The van der Waals surface area contributed by atoms with Crippen LogP contribution in [0.25, 0.3) is 10.8 Å². The van der Waals surface area contributed by atoms with Gasteiger partial charge in [0.15, 0.2) is 0 Å².